The standard InChI is InChI=1S/C16H28N4O/c1-5-8-17-13-9-14(18-10-12(21)11-6-7-11)20-15(19-13)16(2,3)4/h9,11-12,21H,5-8,10H2,1-4H3,(H2,17,18,19,20). The van der Waals surface area contributed by atoms with Crippen molar-refractivity contribution in [3.8, 4) is 0 Å². The van der Waals surface area contributed by atoms with Crippen LogP contribution in [0.2, 0.25) is 0 Å². The summed E-state index contributed by atoms with van der Waals surface area (Å²) in [5, 5.41) is 16.5. The fraction of sp³-hybridized carbons (Fsp3) is 0.750. The Morgan fingerprint density at radius 3 is 2.38 bits per heavy atom. The van der Waals surface area contributed by atoms with Crippen LogP contribution in [0.15, 0.2) is 6.07 Å². The third-order valence-corrected chi connectivity index (χ3v) is 3.61. The Bertz CT molecular complexity index is 466. The molecule has 1 atom stereocenters. The lowest BCUT2D eigenvalue weighted by molar-refractivity contribution is 0.164. The molecule has 5 heteroatoms. The van der Waals surface area contributed by atoms with Crippen molar-refractivity contribution < 1.29 is 5.11 Å². The highest BCUT2D eigenvalue weighted by Crippen LogP contribution is 2.32. The van der Waals surface area contributed by atoms with Gasteiger partial charge in [-0.25, -0.2) is 9.97 Å². The van der Waals surface area contributed by atoms with Crippen LogP contribution in [0.25, 0.3) is 0 Å². The van der Waals surface area contributed by atoms with Crippen LogP contribution in [0.1, 0.15) is 52.8 Å². The van der Waals surface area contributed by atoms with Crippen molar-refractivity contribution in [2.75, 3.05) is 23.7 Å². The van der Waals surface area contributed by atoms with E-state index >= 15 is 0 Å². The number of hydrogen-bond donors (Lipinski definition) is 3. The fourth-order valence-electron chi connectivity index (χ4n) is 2.07. The average Bonchev–Trinajstić information content (AvgIpc) is 3.26. The van der Waals surface area contributed by atoms with E-state index in [1.807, 2.05) is 6.07 Å². The molecule has 0 bridgehead atoms. The Labute approximate surface area is 127 Å². The summed E-state index contributed by atoms with van der Waals surface area (Å²) < 4.78 is 0. The Kier molecular flexibility index (Phi) is 5.04. The molecule has 0 amide bonds. The Morgan fingerprint density at radius 1 is 1.24 bits per heavy atom. The molecule has 118 valence electrons. The summed E-state index contributed by atoms with van der Waals surface area (Å²) in [7, 11) is 0. The molecule has 0 saturated heterocycles. The summed E-state index contributed by atoms with van der Waals surface area (Å²) in [5.74, 6) is 2.92. The van der Waals surface area contributed by atoms with Crippen LogP contribution in [0.5, 0.6) is 0 Å². The zero-order valence-electron chi connectivity index (χ0n) is 13.6. The second-order valence-corrected chi connectivity index (χ2v) is 6.92. The van der Waals surface area contributed by atoms with Gasteiger partial charge in [-0.05, 0) is 25.2 Å². The van der Waals surface area contributed by atoms with Gasteiger partial charge in [0.25, 0.3) is 0 Å². The lowest BCUT2D eigenvalue weighted by Gasteiger charge is -2.20. The monoisotopic (exact) mass is 292 g/mol. The molecule has 1 fully saturated rings. The smallest absolute Gasteiger partial charge is 0.138 e. The predicted octanol–water partition coefficient (Wildman–Crippen LogP) is 2.78. The van der Waals surface area contributed by atoms with E-state index in [1.54, 1.807) is 0 Å². The van der Waals surface area contributed by atoms with E-state index in [2.05, 4.69) is 48.3 Å². The molecule has 0 aliphatic heterocycles. The van der Waals surface area contributed by atoms with Crippen molar-refractivity contribution in [2.45, 2.75) is 58.5 Å². The van der Waals surface area contributed by atoms with Gasteiger partial charge < -0.3 is 15.7 Å². The number of anilines is 2. The van der Waals surface area contributed by atoms with Gasteiger partial charge in [0.05, 0.1) is 6.10 Å². The molecule has 2 rings (SSSR count). The van der Waals surface area contributed by atoms with Crippen LogP contribution in [-0.2, 0) is 5.41 Å². The highest BCUT2D eigenvalue weighted by Gasteiger charge is 2.29. The summed E-state index contributed by atoms with van der Waals surface area (Å²) in [6, 6.07) is 1.92. The molecule has 0 radical (unpaired) electrons. The van der Waals surface area contributed by atoms with E-state index in [0.29, 0.717) is 12.5 Å². The molecular formula is C16H28N4O. The molecular weight excluding hydrogens is 264 g/mol. The Hall–Kier alpha value is -1.36. The first-order valence-electron chi connectivity index (χ1n) is 7.95. The van der Waals surface area contributed by atoms with Gasteiger partial charge in [-0.1, -0.05) is 27.7 Å². The molecule has 3 N–H and O–H groups in total. The van der Waals surface area contributed by atoms with E-state index < -0.39 is 0 Å². The number of rotatable bonds is 7. The lowest BCUT2D eigenvalue weighted by Crippen LogP contribution is -2.23. The van der Waals surface area contributed by atoms with Crippen molar-refractivity contribution >= 4 is 11.6 Å². The van der Waals surface area contributed by atoms with E-state index in [1.165, 1.54) is 0 Å². The minimum atomic E-state index is -0.273. The van der Waals surface area contributed by atoms with Crippen molar-refractivity contribution in [1.29, 1.82) is 0 Å². The number of aliphatic hydroxyl groups is 1. The van der Waals surface area contributed by atoms with Crippen molar-refractivity contribution in [3.05, 3.63) is 11.9 Å². The lowest BCUT2D eigenvalue weighted by atomic mass is 9.96. The second-order valence-electron chi connectivity index (χ2n) is 6.92. The third-order valence-electron chi connectivity index (χ3n) is 3.61. The maximum Gasteiger partial charge on any atom is 0.138 e. The predicted molar refractivity (Wildman–Crippen MR) is 86.7 cm³/mol. The highest BCUT2D eigenvalue weighted by atomic mass is 16.3. The maximum absolute atomic E-state index is 9.97. The molecule has 5 nitrogen and oxygen atoms in total. The number of nitrogens with zero attached hydrogens (tertiary/aromatic N) is 2. The Morgan fingerprint density at radius 2 is 1.86 bits per heavy atom. The molecule has 0 aromatic carbocycles. The van der Waals surface area contributed by atoms with E-state index in [9.17, 15) is 5.11 Å². The van der Waals surface area contributed by atoms with Crippen molar-refractivity contribution in [2.24, 2.45) is 5.92 Å². The second kappa shape index (κ2) is 6.60. The summed E-state index contributed by atoms with van der Waals surface area (Å²) in [6.07, 6.45) is 3.06. The molecule has 1 aliphatic carbocycles. The van der Waals surface area contributed by atoms with Crippen LogP contribution >= 0.6 is 0 Å². The summed E-state index contributed by atoms with van der Waals surface area (Å²) in [5.41, 5.74) is -0.102. The van der Waals surface area contributed by atoms with Crippen LogP contribution in [-0.4, -0.2) is 34.3 Å². The van der Waals surface area contributed by atoms with E-state index in [4.69, 9.17) is 0 Å². The summed E-state index contributed by atoms with van der Waals surface area (Å²) >= 11 is 0. The normalized spacial score (nSPS) is 16.6. The zero-order chi connectivity index (χ0) is 15.5. The topological polar surface area (TPSA) is 70.1 Å². The summed E-state index contributed by atoms with van der Waals surface area (Å²) in [4.78, 5) is 9.18. The van der Waals surface area contributed by atoms with Crippen LogP contribution in [0.3, 0.4) is 0 Å². The first-order chi connectivity index (χ1) is 9.90. The first-order valence-corrected chi connectivity index (χ1v) is 7.95. The van der Waals surface area contributed by atoms with Crippen LogP contribution in [0, 0.1) is 5.92 Å². The van der Waals surface area contributed by atoms with Crippen LogP contribution in [0.4, 0.5) is 11.6 Å². The van der Waals surface area contributed by atoms with Crippen molar-refractivity contribution in [1.82, 2.24) is 9.97 Å². The van der Waals surface area contributed by atoms with Gasteiger partial charge in [-0.15, -0.1) is 0 Å². The van der Waals surface area contributed by atoms with Gasteiger partial charge in [-0.2, -0.15) is 0 Å². The molecule has 21 heavy (non-hydrogen) atoms. The molecule has 0 spiro atoms. The Balaban J connectivity index is 2.09. The molecule has 1 aromatic heterocycles. The van der Waals surface area contributed by atoms with Crippen molar-refractivity contribution in [3.63, 3.8) is 0 Å². The summed E-state index contributed by atoms with van der Waals surface area (Å²) in [6.45, 7) is 9.89. The first kappa shape index (κ1) is 16.0. The zero-order valence-corrected chi connectivity index (χ0v) is 13.6. The molecule has 1 aromatic rings. The van der Waals surface area contributed by atoms with E-state index in [0.717, 1.165) is 43.3 Å². The molecule has 1 heterocycles. The number of aromatic nitrogens is 2. The van der Waals surface area contributed by atoms with Gasteiger partial charge in [-0.3, -0.25) is 0 Å². The number of nitrogens with one attached hydrogen (secondary N) is 2. The van der Waals surface area contributed by atoms with E-state index in [-0.39, 0.29) is 11.5 Å². The van der Waals surface area contributed by atoms with Gasteiger partial charge in [0.2, 0.25) is 0 Å². The number of hydrogen-bond acceptors (Lipinski definition) is 5. The van der Waals surface area contributed by atoms with Gasteiger partial charge >= 0.3 is 0 Å². The largest absolute Gasteiger partial charge is 0.391 e. The fourth-order valence-corrected chi connectivity index (χ4v) is 2.07. The van der Waals surface area contributed by atoms with Crippen LogP contribution < -0.4 is 10.6 Å². The maximum atomic E-state index is 9.97. The van der Waals surface area contributed by atoms with Gasteiger partial charge in [0.15, 0.2) is 0 Å². The molecule has 1 aliphatic rings. The average molecular weight is 292 g/mol. The van der Waals surface area contributed by atoms with Gasteiger partial charge in [0, 0.05) is 24.6 Å². The minimum absolute atomic E-state index is 0.102. The SMILES string of the molecule is CCCNc1cc(NCC(O)C2CC2)nc(C(C)(C)C)n1. The molecule has 1 unspecified atom stereocenters. The van der Waals surface area contributed by atoms with Gasteiger partial charge in [0.1, 0.15) is 17.5 Å². The minimum Gasteiger partial charge on any atom is -0.391 e. The molecule has 1 saturated carbocycles. The highest BCUT2D eigenvalue weighted by molar-refractivity contribution is 5.48. The third kappa shape index (κ3) is 4.84. The number of aliphatic hydroxyl groups excluding tert-OH is 1. The quantitative estimate of drug-likeness (QED) is 0.721.